The van der Waals surface area contributed by atoms with E-state index in [1.54, 1.807) is 39.0 Å². The first kappa shape index (κ1) is 17.2. The minimum Gasteiger partial charge on any atom is -0.495 e. The van der Waals surface area contributed by atoms with Crippen molar-refractivity contribution < 1.29 is 18.3 Å². The van der Waals surface area contributed by atoms with Gasteiger partial charge in [-0.3, -0.25) is 9.00 Å². The van der Waals surface area contributed by atoms with Crippen LogP contribution in [0.4, 0.5) is 5.69 Å². The summed E-state index contributed by atoms with van der Waals surface area (Å²) in [7, 11) is 0.152. The Balaban J connectivity index is 2.06. The lowest BCUT2D eigenvalue weighted by molar-refractivity contribution is -0.115. The standard InChI is InChI=1S/C16H20N2O4S/c1-10-13(11(2)22-18-10)9-23(20)12(3)16(19)17-14-7-5-6-8-15(14)21-4/h5-8,12H,9H2,1-4H3,(H,17,19)/t12-,23+/m0/s1. The molecule has 7 heteroatoms. The Hall–Kier alpha value is -2.15. The van der Waals surface area contributed by atoms with Crippen LogP contribution in [0.15, 0.2) is 28.8 Å². The smallest absolute Gasteiger partial charge is 0.239 e. The molecule has 0 fully saturated rings. The number of carbonyl (C=O) groups excluding carboxylic acids is 1. The first-order chi connectivity index (χ1) is 10.9. The summed E-state index contributed by atoms with van der Waals surface area (Å²) in [5.74, 6) is 1.11. The number of methoxy groups -OCH3 is 1. The molecule has 124 valence electrons. The fourth-order valence-corrected chi connectivity index (χ4v) is 3.32. The molecule has 0 saturated heterocycles. The lowest BCUT2D eigenvalue weighted by atomic mass is 10.2. The zero-order valence-electron chi connectivity index (χ0n) is 13.6. The van der Waals surface area contributed by atoms with Crippen LogP contribution in [0.3, 0.4) is 0 Å². The Morgan fingerprint density at radius 2 is 2.09 bits per heavy atom. The van der Waals surface area contributed by atoms with Crippen LogP contribution >= 0.6 is 0 Å². The Morgan fingerprint density at radius 1 is 1.39 bits per heavy atom. The van der Waals surface area contributed by atoms with Crippen LogP contribution in [0.5, 0.6) is 5.75 Å². The number of anilines is 1. The molecule has 1 N–H and O–H groups in total. The van der Waals surface area contributed by atoms with E-state index in [9.17, 15) is 9.00 Å². The summed E-state index contributed by atoms with van der Waals surface area (Å²) >= 11 is 0. The van der Waals surface area contributed by atoms with E-state index in [0.717, 1.165) is 5.56 Å². The quantitative estimate of drug-likeness (QED) is 0.877. The molecule has 1 heterocycles. The summed E-state index contributed by atoms with van der Waals surface area (Å²) < 4.78 is 22.7. The van der Waals surface area contributed by atoms with Crippen LogP contribution in [0, 0.1) is 13.8 Å². The number of nitrogens with zero attached hydrogens (tertiary/aromatic N) is 1. The number of nitrogens with one attached hydrogen (secondary N) is 1. The topological polar surface area (TPSA) is 81.4 Å². The zero-order chi connectivity index (χ0) is 17.0. The van der Waals surface area contributed by atoms with E-state index in [2.05, 4.69) is 10.5 Å². The maximum absolute atomic E-state index is 12.5. The molecular formula is C16H20N2O4S. The van der Waals surface area contributed by atoms with Gasteiger partial charge in [0.2, 0.25) is 5.91 Å². The van der Waals surface area contributed by atoms with Gasteiger partial charge in [0.25, 0.3) is 0 Å². The molecule has 0 aliphatic rings. The van der Waals surface area contributed by atoms with Crippen molar-refractivity contribution in [3.8, 4) is 5.75 Å². The number of ether oxygens (including phenoxy) is 1. The SMILES string of the molecule is COc1ccccc1NC(=O)[C@H](C)[S@](=O)Cc1c(C)noc1C. The van der Waals surface area contributed by atoms with E-state index in [1.807, 2.05) is 6.07 Å². The fourth-order valence-electron chi connectivity index (χ4n) is 2.08. The van der Waals surface area contributed by atoms with E-state index in [-0.39, 0.29) is 11.7 Å². The summed E-state index contributed by atoms with van der Waals surface area (Å²) in [6.45, 7) is 5.20. The van der Waals surface area contributed by atoms with Crippen LogP contribution in [0.1, 0.15) is 23.9 Å². The average Bonchev–Trinajstić information content (AvgIpc) is 2.86. The Kier molecular flexibility index (Phi) is 5.54. The van der Waals surface area contributed by atoms with Crippen LogP contribution in [0.25, 0.3) is 0 Å². The number of para-hydroxylation sites is 2. The molecule has 6 nitrogen and oxygen atoms in total. The molecule has 0 aliphatic carbocycles. The number of carbonyl (C=O) groups is 1. The van der Waals surface area contributed by atoms with Gasteiger partial charge in [-0.25, -0.2) is 0 Å². The molecule has 0 saturated carbocycles. The first-order valence-electron chi connectivity index (χ1n) is 7.16. The summed E-state index contributed by atoms with van der Waals surface area (Å²) in [5.41, 5.74) is 2.05. The second kappa shape index (κ2) is 7.41. The molecular weight excluding hydrogens is 316 g/mol. The highest BCUT2D eigenvalue weighted by Gasteiger charge is 2.23. The third-order valence-corrected chi connectivity index (χ3v) is 5.17. The van der Waals surface area contributed by atoms with Crippen molar-refractivity contribution in [2.75, 3.05) is 12.4 Å². The van der Waals surface area contributed by atoms with E-state index in [4.69, 9.17) is 9.26 Å². The van der Waals surface area contributed by atoms with Crippen molar-refractivity contribution in [2.45, 2.75) is 31.8 Å². The van der Waals surface area contributed by atoms with Crippen LogP contribution in [-0.4, -0.2) is 27.6 Å². The van der Waals surface area contributed by atoms with Gasteiger partial charge in [-0.05, 0) is 32.9 Å². The van der Waals surface area contributed by atoms with E-state index in [1.165, 1.54) is 7.11 Å². The highest BCUT2D eigenvalue weighted by molar-refractivity contribution is 7.85. The van der Waals surface area contributed by atoms with Crippen molar-refractivity contribution in [2.24, 2.45) is 0 Å². The van der Waals surface area contributed by atoms with Crippen LogP contribution in [0.2, 0.25) is 0 Å². The highest BCUT2D eigenvalue weighted by Crippen LogP contribution is 2.24. The number of amides is 1. The summed E-state index contributed by atoms with van der Waals surface area (Å²) in [4.78, 5) is 12.3. The molecule has 0 unspecified atom stereocenters. The molecule has 0 bridgehead atoms. The molecule has 1 amide bonds. The third kappa shape index (κ3) is 3.98. The van der Waals surface area contributed by atoms with Crippen molar-refractivity contribution in [1.29, 1.82) is 0 Å². The van der Waals surface area contributed by atoms with Crippen LogP contribution in [-0.2, 0) is 21.3 Å². The van der Waals surface area contributed by atoms with Gasteiger partial charge < -0.3 is 14.6 Å². The van der Waals surface area contributed by atoms with Gasteiger partial charge in [0, 0.05) is 16.4 Å². The monoisotopic (exact) mass is 336 g/mol. The Morgan fingerprint density at radius 3 is 2.70 bits per heavy atom. The van der Waals surface area contributed by atoms with Gasteiger partial charge in [0.1, 0.15) is 16.8 Å². The maximum Gasteiger partial charge on any atom is 0.239 e. The molecule has 2 rings (SSSR count). The molecule has 0 spiro atoms. The van der Waals surface area contributed by atoms with E-state index < -0.39 is 16.0 Å². The average molecular weight is 336 g/mol. The van der Waals surface area contributed by atoms with Gasteiger partial charge in [0.15, 0.2) is 0 Å². The van der Waals surface area contributed by atoms with Crippen molar-refractivity contribution >= 4 is 22.4 Å². The minimum atomic E-state index is -1.38. The second-order valence-corrected chi connectivity index (χ2v) is 6.92. The lowest BCUT2D eigenvalue weighted by Gasteiger charge is -2.14. The highest BCUT2D eigenvalue weighted by atomic mass is 32.2. The predicted octanol–water partition coefficient (Wildman–Crippen LogP) is 2.58. The van der Waals surface area contributed by atoms with Crippen LogP contribution < -0.4 is 10.1 Å². The number of hydrogen-bond acceptors (Lipinski definition) is 5. The molecule has 2 atom stereocenters. The number of aryl methyl sites for hydroxylation is 2. The summed E-state index contributed by atoms with van der Waals surface area (Å²) in [6.07, 6.45) is 0. The zero-order valence-corrected chi connectivity index (χ0v) is 14.4. The van der Waals surface area contributed by atoms with Gasteiger partial charge in [0.05, 0.1) is 24.2 Å². The number of benzene rings is 1. The Labute approximate surface area is 137 Å². The van der Waals surface area contributed by atoms with Crippen molar-refractivity contribution in [1.82, 2.24) is 5.16 Å². The van der Waals surface area contributed by atoms with Crippen molar-refractivity contribution in [3.05, 3.63) is 41.3 Å². The first-order valence-corrected chi connectivity index (χ1v) is 8.55. The fraction of sp³-hybridized carbons (Fsp3) is 0.375. The lowest BCUT2D eigenvalue weighted by Crippen LogP contribution is -2.30. The predicted molar refractivity (Wildman–Crippen MR) is 88.9 cm³/mol. The van der Waals surface area contributed by atoms with Gasteiger partial charge in [-0.15, -0.1) is 0 Å². The molecule has 0 radical (unpaired) electrons. The summed E-state index contributed by atoms with van der Waals surface area (Å²) in [6, 6.07) is 7.10. The molecule has 1 aromatic carbocycles. The second-order valence-electron chi connectivity index (χ2n) is 5.16. The number of hydrogen-bond donors (Lipinski definition) is 1. The largest absolute Gasteiger partial charge is 0.495 e. The number of rotatable bonds is 6. The molecule has 23 heavy (non-hydrogen) atoms. The van der Waals surface area contributed by atoms with Gasteiger partial charge >= 0.3 is 0 Å². The summed E-state index contributed by atoms with van der Waals surface area (Å²) in [5, 5.41) is 5.92. The van der Waals surface area contributed by atoms with Crippen molar-refractivity contribution in [3.63, 3.8) is 0 Å². The van der Waals surface area contributed by atoms with Gasteiger partial charge in [-0.2, -0.15) is 0 Å². The number of aromatic nitrogens is 1. The minimum absolute atomic E-state index is 0.238. The normalized spacial score (nSPS) is 13.4. The molecule has 1 aromatic heterocycles. The van der Waals surface area contributed by atoms with E-state index >= 15 is 0 Å². The maximum atomic E-state index is 12.5. The van der Waals surface area contributed by atoms with E-state index in [0.29, 0.717) is 22.9 Å². The molecule has 0 aliphatic heterocycles. The third-order valence-electron chi connectivity index (χ3n) is 3.60. The van der Waals surface area contributed by atoms with Gasteiger partial charge in [-0.1, -0.05) is 17.3 Å². The molecule has 2 aromatic rings. The Bertz CT molecular complexity index is 707.